The van der Waals surface area contributed by atoms with Gasteiger partial charge in [-0.1, -0.05) is 93.5 Å². The molecule has 0 amide bonds. The Balaban J connectivity index is 2.22. The van der Waals surface area contributed by atoms with Crippen LogP contribution in [0.25, 0.3) is 0 Å². The third-order valence-electron chi connectivity index (χ3n) is 4.81. The zero-order valence-electron chi connectivity index (χ0n) is 16.6. The monoisotopic (exact) mass is 382 g/mol. The van der Waals surface area contributed by atoms with Gasteiger partial charge in [-0.25, -0.2) is 0 Å². The van der Waals surface area contributed by atoms with Gasteiger partial charge in [0.05, 0.1) is 0 Å². The molecule has 0 heterocycles. The Hall–Kier alpha value is -1.66. The highest BCUT2D eigenvalue weighted by Gasteiger charge is 2.49. The zero-order chi connectivity index (χ0) is 19.8. The van der Waals surface area contributed by atoms with E-state index in [4.69, 9.17) is 14.5 Å². The van der Waals surface area contributed by atoms with Gasteiger partial charge in [0.15, 0.2) is 0 Å². The summed E-state index contributed by atoms with van der Waals surface area (Å²) in [6.07, 6.45) is 4.53. The average molecular weight is 382 g/mol. The fourth-order valence-electron chi connectivity index (χ4n) is 3.57. The van der Waals surface area contributed by atoms with Crippen molar-refractivity contribution in [3.8, 4) is 0 Å². The van der Waals surface area contributed by atoms with Crippen molar-refractivity contribution in [2.75, 3.05) is 6.61 Å². The van der Waals surface area contributed by atoms with E-state index in [2.05, 4.69) is 81.4 Å². The van der Waals surface area contributed by atoms with Crippen LogP contribution in [0.2, 0.25) is 5.04 Å². The highest BCUT2D eigenvalue weighted by molar-refractivity contribution is 6.99. The lowest BCUT2D eigenvalue weighted by atomic mass is 9.91. The molecule has 0 aliphatic rings. The molecule has 2 N–H and O–H groups in total. The fourth-order valence-corrected chi connectivity index (χ4v) is 8.18. The molecule has 2 rings (SSSR count). The molecule has 0 bridgehead atoms. The van der Waals surface area contributed by atoms with E-state index in [0.717, 1.165) is 19.3 Å². The van der Waals surface area contributed by atoms with E-state index in [1.54, 1.807) is 0 Å². The Morgan fingerprint density at radius 1 is 0.889 bits per heavy atom. The van der Waals surface area contributed by atoms with Crippen molar-refractivity contribution in [2.24, 2.45) is 0 Å². The van der Waals surface area contributed by atoms with Crippen molar-refractivity contribution in [2.45, 2.75) is 45.1 Å². The van der Waals surface area contributed by atoms with Crippen molar-refractivity contribution in [3.63, 3.8) is 0 Å². The predicted octanol–water partition coefficient (Wildman–Crippen LogP) is 3.30. The zero-order valence-corrected chi connectivity index (χ0v) is 17.6. The van der Waals surface area contributed by atoms with E-state index >= 15 is 0 Å². The van der Waals surface area contributed by atoms with Gasteiger partial charge in [0.25, 0.3) is 8.32 Å². The molecule has 0 saturated carbocycles. The molecule has 2 aromatic rings. The summed E-state index contributed by atoms with van der Waals surface area (Å²) in [6, 6.07) is 21.3. The van der Waals surface area contributed by atoms with Crippen molar-refractivity contribution < 1.29 is 14.5 Å². The quantitative estimate of drug-likeness (QED) is 0.517. The van der Waals surface area contributed by atoms with Gasteiger partial charge in [0, 0.05) is 6.61 Å². The molecule has 0 atom stereocenters. The highest BCUT2D eigenvalue weighted by Crippen LogP contribution is 2.36. The normalized spacial score (nSPS) is 12.5. The maximum absolute atomic E-state index is 8.85. The number of rotatable bonds is 9. The Morgan fingerprint density at radius 3 is 1.85 bits per heavy atom. The summed E-state index contributed by atoms with van der Waals surface area (Å²) in [6.45, 7) is 7.54. The smallest absolute Gasteiger partial charge is 0.424 e. The third-order valence-corrected chi connectivity index (χ3v) is 9.85. The van der Waals surface area contributed by atoms with Crippen LogP contribution in [0.3, 0.4) is 0 Å². The lowest BCUT2D eigenvalue weighted by Gasteiger charge is -2.43. The summed E-state index contributed by atoms with van der Waals surface area (Å²) in [5.74, 6) is 1.41. The molecule has 27 heavy (non-hydrogen) atoms. The second kappa shape index (κ2) is 10.0. The topological polar surface area (TPSA) is 49.7 Å². The van der Waals surface area contributed by atoms with Crippen LogP contribution < -0.4 is 10.4 Å². The summed E-state index contributed by atoms with van der Waals surface area (Å²) in [4.78, 5) is 0. The van der Waals surface area contributed by atoms with Crippen molar-refractivity contribution in [1.29, 1.82) is 0 Å². The van der Waals surface area contributed by atoms with Crippen LogP contribution in [-0.2, 0) is 4.43 Å². The second-order valence-electron chi connectivity index (χ2n) is 7.85. The first kappa shape index (κ1) is 21.6. The lowest BCUT2D eigenvalue weighted by molar-refractivity contribution is 0.289. The summed E-state index contributed by atoms with van der Waals surface area (Å²) in [7, 11) is -3.80. The maximum atomic E-state index is 8.85. The van der Waals surface area contributed by atoms with Crippen molar-refractivity contribution >= 4 is 25.8 Å². The average Bonchev–Trinajstić information content (AvgIpc) is 2.64. The van der Waals surface area contributed by atoms with Gasteiger partial charge in [0.1, 0.15) is 0 Å². The maximum Gasteiger partial charge on any atom is 0.480 e. The number of benzene rings is 2. The summed E-state index contributed by atoms with van der Waals surface area (Å²) >= 11 is 0. The standard InChI is InChI=1S/C22H31BO3Si/c1-22(2,3)27(20-14-8-6-9-15-20,21-16-10-7-11-17-21)26-19-13-5-4-12-18-23(24)25/h6-12,14-18,24-25H,4-5,13,19H2,1-3H3. The molecule has 144 valence electrons. The van der Waals surface area contributed by atoms with Crippen LogP contribution in [-0.4, -0.2) is 32.1 Å². The number of allylic oxidation sites excluding steroid dienone is 1. The van der Waals surface area contributed by atoms with Crippen molar-refractivity contribution in [1.82, 2.24) is 0 Å². The fraction of sp³-hybridized carbons (Fsp3) is 0.364. The molecule has 0 saturated heterocycles. The summed E-state index contributed by atoms with van der Waals surface area (Å²) in [5.41, 5.74) is 0. The van der Waals surface area contributed by atoms with E-state index < -0.39 is 15.4 Å². The predicted molar refractivity (Wildman–Crippen MR) is 117 cm³/mol. The minimum atomic E-state index is -2.43. The van der Waals surface area contributed by atoms with E-state index in [0.29, 0.717) is 6.61 Å². The molecule has 0 aliphatic heterocycles. The van der Waals surface area contributed by atoms with Gasteiger partial charge in [0.2, 0.25) is 0 Å². The van der Waals surface area contributed by atoms with Crippen LogP contribution in [0.5, 0.6) is 0 Å². The van der Waals surface area contributed by atoms with E-state index in [1.165, 1.54) is 16.3 Å². The van der Waals surface area contributed by atoms with Crippen LogP contribution in [0.1, 0.15) is 40.0 Å². The molecule has 3 nitrogen and oxygen atoms in total. The Bertz CT molecular complexity index is 657. The first-order valence-corrected chi connectivity index (χ1v) is 11.6. The molecule has 2 aromatic carbocycles. The first-order chi connectivity index (χ1) is 12.9. The molecule has 0 radical (unpaired) electrons. The molecule has 5 heteroatoms. The van der Waals surface area contributed by atoms with Crippen LogP contribution in [0, 0.1) is 0 Å². The molecule has 0 aliphatic carbocycles. The van der Waals surface area contributed by atoms with Crippen LogP contribution in [0.15, 0.2) is 72.7 Å². The Kier molecular flexibility index (Phi) is 8.05. The van der Waals surface area contributed by atoms with Crippen molar-refractivity contribution in [3.05, 3.63) is 72.7 Å². The van der Waals surface area contributed by atoms with Gasteiger partial charge in [-0.2, -0.15) is 0 Å². The first-order valence-electron chi connectivity index (χ1n) is 9.66. The molecule has 0 spiro atoms. The third kappa shape index (κ3) is 5.66. The number of hydrogen-bond acceptors (Lipinski definition) is 3. The molecule has 0 aromatic heterocycles. The van der Waals surface area contributed by atoms with E-state index in [1.807, 2.05) is 6.08 Å². The number of hydrogen-bond donors (Lipinski definition) is 2. The van der Waals surface area contributed by atoms with E-state index in [9.17, 15) is 0 Å². The van der Waals surface area contributed by atoms with Gasteiger partial charge in [-0.3, -0.25) is 0 Å². The highest BCUT2D eigenvalue weighted by atomic mass is 28.4. The molecule has 0 unspecified atom stereocenters. The summed E-state index contributed by atoms with van der Waals surface area (Å²) in [5, 5.41) is 20.3. The minimum Gasteiger partial charge on any atom is -0.424 e. The number of unbranched alkanes of at least 4 members (excludes halogenated alkanes) is 2. The lowest BCUT2D eigenvalue weighted by Crippen LogP contribution is -2.66. The largest absolute Gasteiger partial charge is 0.480 e. The Morgan fingerprint density at radius 2 is 1.41 bits per heavy atom. The van der Waals surface area contributed by atoms with Gasteiger partial charge >= 0.3 is 7.12 Å². The van der Waals surface area contributed by atoms with Crippen LogP contribution in [0.4, 0.5) is 0 Å². The second-order valence-corrected chi connectivity index (χ2v) is 12.2. The van der Waals surface area contributed by atoms with Gasteiger partial charge < -0.3 is 14.5 Å². The molecule has 0 fully saturated rings. The minimum absolute atomic E-state index is 0.00337. The SMILES string of the molecule is CC(C)(C)[Si](OCCCCC=CB(O)O)(c1ccccc1)c1ccccc1. The van der Waals surface area contributed by atoms with Gasteiger partial charge in [-0.05, 0) is 34.7 Å². The molecular formula is C22H31BO3Si. The Labute approximate surface area is 165 Å². The molecular weight excluding hydrogens is 351 g/mol. The van der Waals surface area contributed by atoms with Gasteiger partial charge in [-0.15, -0.1) is 0 Å². The van der Waals surface area contributed by atoms with Crippen LogP contribution >= 0.6 is 0 Å². The summed E-state index contributed by atoms with van der Waals surface area (Å²) < 4.78 is 6.81. The van der Waals surface area contributed by atoms with E-state index in [-0.39, 0.29) is 5.04 Å².